The number of hydrogen-bond acceptors (Lipinski definition) is 3. The van der Waals surface area contributed by atoms with Crippen LogP contribution in [0.1, 0.15) is 44.0 Å². The molecule has 0 bridgehead atoms. The largest absolute Gasteiger partial charge is 0.493 e. The van der Waals surface area contributed by atoms with E-state index in [2.05, 4.69) is 31.4 Å². The molecule has 5 heteroatoms. The van der Waals surface area contributed by atoms with Gasteiger partial charge in [-0.3, -0.25) is 10.1 Å². The van der Waals surface area contributed by atoms with Crippen molar-refractivity contribution in [1.82, 2.24) is 10.6 Å². The van der Waals surface area contributed by atoms with Gasteiger partial charge in [0.1, 0.15) is 5.75 Å². The summed E-state index contributed by atoms with van der Waals surface area (Å²) in [5.41, 5.74) is 0.538. The molecule has 21 heavy (non-hydrogen) atoms. The molecule has 0 saturated carbocycles. The topological polar surface area (TPSA) is 50.4 Å². The first-order valence-electron chi connectivity index (χ1n) is 7.35. The Labute approximate surface area is 132 Å². The van der Waals surface area contributed by atoms with E-state index in [4.69, 9.17) is 17.0 Å². The minimum Gasteiger partial charge on any atom is -0.493 e. The fourth-order valence-corrected chi connectivity index (χ4v) is 1.78. The number of amides is 1. The second kappa shape index (κ2) is 9.34. The molecular formula is C16H24N2O2S. The zero-order chi connectivity index (χ0) is 15.7. The fraction of sp³-hybridized carbons (Fsp3) is 0.500. The second-order valence-electron chi connectivity index (χ2n) is 5.30. The van der Waals surface area contributed by atoms with Crippen LogP contribution in [-0.4, -0.2) is 24.2 Å². The molecule has 0 fully saturated rings. The first-order chi connectivity index (χ1) is 10.0. The lowest BCUT2D eigenvalue weighted by Gasteiger charge is -2.11. The molecule has 0 spiro atoms. The second-order valence-corrected chi connectivity index (χ2v) is 5.70. The molecule has 4 nitrogen and oxygen atoms in total. The van der Waals surface area contributed by atoms with E-state index >= 15 is 0 Å². The van der Waals surface area contributed by atoms with Crippen molar-refractivity contribution >= 4 is 23.2 Å². The molecular weight excluding hydrogens is 284 g/mol. The first-order valence-corrected chi connectivity index (χ1v) is 7.75. The van der Waals surface area contributed by atoms with Gasteiger partial charge in [0.15, 0.2) is 5.11 Å². The van der Waals surface area contributed by atoms with Crippen LogP contribution < -0.4 is 15.4 Å². The van der Waals surface area contributed by atoms with Crippen molar-refractivity contribution in [3.8, 4) is 5.75 Å². The van der Waals surface area contributed by atoms with Crippen molar-refractivity contribution < 1.29 is 9.53 Å². The number of nitrogens with one attached hydrogen (secondary N) is 2. The van der Waals surface area contributed by atoms with Crippen LogP contribution in [0.4, 0.5) is 0 Å². The molecule has 0 aromatic heterocycles. The molecule has 0 aliphatic heterocycles. The Morgan fingerprint density at radius 2 is 2.14 bits per heavy atom. The van der Waals surface area contributed by atoms with E-state index in [9.17, 15) is 4.79 Å². The number of benzene rings is 1. The van der Waals surface area contributed by atoms with E-state index in [0.29, 0.717) is 29.0 Å². The van der Waals surface area contributed by atoms with Crippen LogP contribution in [-0.2, 0) is 0 Å². The predicted molar refractivity (Wildman–Crippen MR) is 89.7 cm³/mol. The van der Waals surface area contributed by atoms with E-state index in [1.807, 2.05) is 6.07 Å². The standard InChI is InChI=1S/C16H24N2O2S/c1-4-5-9-17-16(21)18-15(19)13-7-6-8-14(10-13)20-11-12(2)3/h6-8,10,12H,4-5,9,11H2,1-3H3,(H2,17,18,19,21). The van der Waals surface area contributed by atoms with Crippen LogP contribution in [0, 0.1) is 5.92 Å². The normalized spacial score (nSPS) is 10.3. The van der Waals surface area contributed by atoms with E-state index in [1.54, 1.807) is 18.2 Å². The summed E-state index contributed by atoms with van der Waals surface area (Å²) in [7, 11) is 0. The highest BCUT2D eigenvalue weighted by molar-refractivity contribution is 7.80. The molecule has 0 saturated heterocycles. The minimum atomic E-state index is -0.223. The lowest BCUT2D eigenvalue weighted by Crippen LogP contribution is -2.39. The maximum atomic E-state index is 12.1. The van der Waals surface area contributed by atoms with Gasteiger partial charge in [-0.15, -0.1) is 0 Å². The molecule has 0 aliphatic rings. The van der Waals surface area contributed by atoms with Gasteiger partial charge in [-0.05, 0) is 42.8 Å². The summed E-state index contributed by atoms with van der Waals surface area (Å²) in [6, 6.07) is 7.12. The summed E-state index contributed by atoms with van der Waals surface area (Å²) in [6.07, 6.45) is 2.10. The summed E-state index contributed by atoms with van der Waals surface area (Å²) >= 11 is 5.09. The lowest BCUT2D eigenvalue weighted by atomic mass is 10.2. The van der Waals surface area contributed by atoms with Crippen molar-refractivity contribution in [2.24, 2.45) is 5.92 Å². The van der Waals surface area contributed by atoms with E-state index < -0.39 is 0 Å². The molecule has 0 aliphatic carbocycles. The first kappa shape index (κ1) is 17.4. The highest BCUT2D eigenvalue weighted by Crippen LogP contribution is 2.14. The minimum absolute atomic E-state index is 0.223. The van der Waals surface area contributed by atoms with Crippen molar-refractivity contribution in [1.29, 1.82) is 0 Å². The smallest absolute Gasteiger partial charge is 0.257 e. The van der Waals surface area contributed by atoms with Crippen molar-refractivity contribution in [2.45, 2.75) is 33.6 Å². The van der Waals surface area contributed by atoms with Crippen LogP contribution in [0.25, 0.3) is 0 Å². The van der Waals surface area contributed by atoms with Gasteiger partial charge in [-0.25, -0.2) is 0 Å². The lowest BCUT2D eigenvalue weighted by molar-refractivity contribution is 0.0976. The molecule has 1 aromatic carbocycles. The molecule has 116 valence electrons. The summed E-state index contributed by atoms with van der Waals surface area (Å²) in [4.78, 5) is 12.1. The third-order valence-electron chi connectivity index (χ3n) is 2.72. The van der Waals surface area contributed by atoms with Gasteiger partial charge < -0.3 is 10.1 Å². The predicted octanol–water partition coefficient (Wildman–Crippen LogP) is 3.13. The van der Waals surface area contributed by atoms with E-state index in [0.717, 1.165) is 19.4 Å². The van der Waals surface area contributed by atoms with Crippen LogP contribution >= 0.6 is 12.2 Å². The third kappa shape index (κ3) is 7.09. The highest BCUT2D eigenvalue weighted by atomic mass is 32.1. The maximum Gasteiger partial charge on any atom is 0.257 e. The zero-order valence-corrected chi connectivity index (χ0v) is 13.8. The average molecular weight is 308 g/mol. The van der Waals surface area contributed by atoms with Crippen LogP contribution in [0.15, 0.2) is 24.3 Å². The van der Waals surface area contributed by atoms with E-state index in [1.165, 1.54) is 0 Å². The van der Waals surface area contributed by atoms with Crippen LogP contribution in [0.2, 0.25) is 0 Å². The van der Waals surface area contributed by atoms with Crippen LogP contribution in [0.5, 0.6) is 5.75 Å². The Kier molecular flexibility index (Phi) is 7.75. The van der Waals surface area contributed by atoms with Gasteiger partial charge in [0.25, 0.3) is 5.91 Å². The Bertz CT molecular complexity index is 475. The molecule has 0 atom stereocenters. The van der Waals surface area contributed by atoms with Crippen molar-refractivity contribution in [2.75, 3.05) is 13.2 Å². The fourth-order valence-electron chi connectivity index (χ4n) is 1.59. The molecule has 0 radical (unpaired) electrons. The number of thiocarbonyl (C=S) groups is 1. The summed E-state index contributed by atoms with van der Waals surface area (Å²) in [6.45, 7) is 7.66. The summed E-state index contributed by atoms with van der Waals surface area (Å²) < 4.78 is 5.61. The average Bonchev–Trinajstić information content (AvgIpc) is 2.45. The molecule has 1 rings (SSSR count). The highest BCUT2D eigenvalue weighted by Gasteiger charge is 2.08. The van der Waals surface area contributed by atoms with E-state index in [-0.39, 0.29) is 5.91 Å². The summed E-state index contributed by atoms with van der Waals surface area (Å²) in [5, 5.41) is 6.04. The molecule has 0 unspecified atom stereocenters. The number of rotatable bonds is 7. The van der Waals surface area contributed by atoms with Crippen molar-refractivity contribution in [3.05, 3.63) is 29.8 Å². The molecule has 2 N–H and O–H groups in total. The van der Waals surface area contributed by atoms with Gasteiger partial charge in [0.2, 0.25) is 0 Å². The number of carbonyl (C=O) groups is 1. The van der Waals surface area contributed by atoms with Gasteiger partial charge in [0.05, 0.1) is 6.61 Å². The van der Waals surface area contributed by atoms with Crippen molar-refractivity contribution in [3.63, 3.8) is 0 Å². The Hall–Kier alpha value is -1.62. The number of carbonyl (C=O) groups excluding carboxylic acids is 1. The summed E-state index contributed by atoms with van der Waals surface area (Å²) in [5.74, 6) is 0.915. The van der Waals surface area contributed by atoms with Crippen LogP contribution in [0.3, 0.4) is 0 Å². The number of ether oxygens (including phenoxy) is 1. The molecule has 1 amide bonds. The quantitative estimate of drug-likeness (QED) is 0.600. The van der Waals surface area contributed by atoms with Gasteiger partial charge >= 0.3 is 0 Å². The zero-order valence-electron chi connectivity index (χ0n) is 12.9. The number of unbranched alkanes of at least 4 members (excludes halogenated alkanes) is 1. The third-order valence-corrected chi connectivity index (χ3v) is 2.97. The monoisotopic (exact) mass is 308 g/mol. The SMILES string of the molecule is CCCCNC(=S)NC(=O)c1cccc(OCC(C)C)c1. The Morgan fingerprint density at radius 1 is 1.38 bits per heavy atom. The molecule has 0 heterocycles. The maximum absolute atomic E-state index is 12.1. The Balaban J connectivity index is 2.53. The van der Waals surface area contributed by atoms with Gasteiger partial charge in [0, 0.05) is 12.1 Å². The number of hydrogen-bond donors (Lipinski definition) is 2. The van der Waals surface area contributed by atoms with Gasteiger partial charge in [-0.1, -0.05) is 33.3 Å². The van der Waals surface area contributed by atoms with Gasteiger partial charge in [-0.2, -0.15) is 0 Å². The molecule has 1 aromatic rings. The Morgan fingerprint density at radius 3 is 2.81 bits per heavy atom.